The predicted molar refractivity (Wildman–Crippen MR) is 35.1 cm³/mol. The molecule has 0 aromatic heterocycles. The molecular formula is C6H9NO3. The van der Waals surface area contributed by atoms with Crippen LogP contribution in [-0.2, 0) is 4.74 Å². The molecule has 1 heterocycles. The Bertz CT molecular complexity index is 185. The van der Waals surface area contributed by atoms with E-state index < -0.39 is 0 Å². The summed E-state index contributed by atoms with van der Waals surface area (Å²) in [6.45, 7) is 2.56. The summed E-state index contributed by atoms with van der Waals surface area (Å²) < 4.78 is 4.91. The standard InChI is InChI=1S/C6H9NO3/c1-5-2-3-10-4-6(5)7(8)9/h2-4H2,1H3. The molecule has 0 unspecified atom stereocenters. The first-order valence-electron chi connectivity index (χ1n) is 3.12. The van der Waals surface area contributed by atoms with Crippen LogP contribution in [0.4, 0.5) is 0 Å². The highest BCUT2D eigenvalue weighted by Crippen LogP contribution is 2.14. The molecule has 56 valence electrons. The van der Waals surface area contributed by atoms with Gasteiger partial charge in [-0.15, -0.1) is 0 Å². The molecule has 4 nitrogen and oxygen atoms in total. The molecule has 0 amide bonds. The van der Waals surface area contributed by atoms with Gasteiger partial charge in [0.1, 0.15) is 6.61 Å². The smallest absolute Gasteiger partial charge is 0.270 e. The van der Waals surface area contributed by atoms with Gasteiger partial charge in [-0.2, -0.15) is 0 Å². The summed E-state index contributed by atoms with van der Waals surface area (Å²) in [6, 6.07) is 0. The monoisotopic (exact) mass is 143 g/mol. The van der Waals surface area contributed by atoms with E-state index in [4.69, 9.17) is 4.74 Å². The molecule has 1 aliphatic heterocycles. The van der Waals surface area contributed by atoms with Crippen LogP contribution >= 0.6 is 0 Å². The van der Waals surface area contributed by atoms with Crippen LogP contribution in [0.5, 0.6) is 0 Å². The van der Waals surface area contributed by atoms with E-state index in [0.717, 1.165) is 5.57 Å². The fourth-order valence-electron chi connectivity index (χ4n) is 0.870. The normalized spacial score (nSPS) is 19.3. The molecule has 0 atom stereocenters. The average Bonchev–Trinajstić information content (AvgIpc) is 1.88. The van der Waals surface area contributed by atoms with Gasteiger partial charge in [-0.05, 0) is 13.3 Å². The molecule has 0 saturated heterocycles. The number of nitrogens with zero attached hydrogens (tertiary/aromatic N) is 1. The zero-order valence-electron chi connectivity index (χ0n) is 5.79. The molecule has 4 heteroatoms. The number of hydrogen-bond acceptors (Lipinski definition) is 3. The maximum atomic E-state index is 10.2. The molecule has 0 spiro atoms. The summed E-state index contributed by atoms with van der Waals surface area (Å²) in [5.74, 6) is 0. The number of hydrogen-bond donors (Lipinski definition) is 0. The second-order valence-corrected chi connectivity index (χ2v) is 2.29. The molecule has 1 rings (SSSR count). The molecule has 10 heavy (non-hydrogen) atoms. The largest absolute Gasteiger partial charge is 0.370 e. The highest BCUT2D eigenvalue weighted by Gasteiger charge is 2.18. The van der Waals surface area contributed by atoms with Gasteiger partial charge in [-0.3, -0.25) is 10.1 Å². The second kappa shape index (κ2) is 2.79. The minimum absolute atomic E-state index is 0.166. The molecule has 0 aromatic carbocycles. The Morgan fingerprint density at radius 1 is 1.70 bits per heavy atom. The molecule has 0 radical (unpaired) electrons. The van der Waals surface area contributed by atoms with Crippen LogP contribution in [-0.4, -0.2) is 18.1 Å². The van der Waals surface area contributed by atoms with Gasteiger partial charge >= 0.3 is 0 Å². The van der Waals surface area contributed by atoms with Crippen LogP contribution in [0.25, 0.3) is 0 Å². The summed E-state index contributed by atoms with van der Waals surface area (Å²) in [6.07, 6.45) is 0.691. The van der Waals surface area contributed by atoms with Crippen LogP contribution in [0.2, 0.25) is 0 Å². The molecular weight excluding hydrogens is 134 g/mol. The Balaban J connectivity index is 2.78. The van der Waals surface area contributed by atoms with E-state index in [9.17, 15) is 10.1 Å². The second-order valence-electron chi connectivity index (χ2n) is 2.29. The zero-order chi connectivity index (χ0) is 7.56. The van der Waals surface area contributed by atoms with Gasteiger partial charge in [0, 0.05) is 5.57 Å². The summed E-state index contributed by atoms with van der Waals surface area (Å²) in [5, 5.41) is 10.2. The van der Waals surface area contributed by atoms with Crippen molar-refractivity contribution in [3.63, 3.8) is 0 Å². The van der Waals surface area contributed by atoms with Crippen LogP contribution in [0.1, 0.15) is 13.3 Å². The highest BCUT2D eigenvalue weighted by molar-refractivity contribution is 5.07. The maximum absolute atomic E-state index is 10.2. The summed E-state index contributed by atoms with van der Waals surface area (Å²) in [5.41, 5.74) is 1.07. The molecule has 0 saturated carbocycles. The fraction of sp³-hybridized carbons (Fsp3) is 0.667. The third-order valence-corrected chi connectivity index (χ3v) is 1.57. The molecule has 0 aromatic rings. The van der Waals surface area contributed by atoms with Gasteiger partial charge in [0.05, 0.1) is 11.5 Å². The van der Waals surface area contributed by atoms with Crippen LogP contribution in [0.15, 0.2) is 11.3 Å². The average molecular weight is 143 g/mol. The third-order valence-electron chi connectivity index (χ3n) is 1.57. The van der Waals surface area contributed by atoms with Crippen LogP contribution in [0.3, 0.4) is 0 Å². The van der Waals surface area contributed by atoms with E-state index in [1.165, 1.54) is 0 Å². The van der Waals surface area contributed by atoms with E-state index in [2.05, 4.69) is 0 Å². The first-order valence-corrected chi connectivity index (χ1v) is 3.12. The maximum Gasteiger partial charge on any atom is 0.270 e. The van der Waals surface area contributed by atoms with Gasteiger partial charge in [-0.1, -0.05) is 0 Å². The van der Waals surface area contributed by atoms with Crippen molar-refractivity contribution in [1.82, 2.24) is 0 Å². The minimum Gasteiger partial charge on any atom is -0.370 e. The van der Waals surface area contributed by atoms with Crippen molar-refractivity contribution in [3.8, 4) is 0 Å². The van der Waals surface area contributed by atoms with E-state index in [-0.39, 0.29) is 17.2 Å². The summed E-state index contributed by atoms with van der Waals surface area (Å²) in [7, 11) is 0. The molecule has 1 aliphatic rings. The third kappa shape index (κ3) is 1.33. The Hall–Kier alpha value is -0.900. The Labute approximate surface area is 58.6 Å². The van der Waals surface area contributed by atoms with Crippen molar-refractivity contribution in [2.24, 2.45) is 0 Å². The van der Waals surface area contributed by atoms with Crippen molar-refractivity contribution in [3.05, 3.63) is 21.4 Å². The topological polar surface area (TPSA) is 52.4 Å². The summed E-state index contributed by atoms with van der Waals surface area (Å²) in [4.78, 5) is 9.87. The highest BCUT2D eigenvalue weighted by atomic mass is 16.6. The lowest BCUT2D eigenvalue weighted by molar-refractivity contribution is -0.433. The number of rotatable bonds is 1. The van der Waals surface area contributed by atoms with Gasteiger partial charge in [0.15, 0.2) is 0 Å². The Kier molecular flexibility index (Phi) is 2.01. The van der Waals surface area contributed by atoms with Crippen molar-refractivity contribution in [1.29, 1.82) is 0 Å². The molecule has 0 aliphatic carbocycles. The van der Waals surface area contributed by atoms with Crippen molar-refractivity contribution >= 4 is 0 Å². The van der Waals surface area contributed by atoms with Crippen molar-refractivity contribution in [2.45, 2.75) is 13.3 Å². The van der Waals surface area contributed by atoms with Crippen LogP contribution < -0.4 is 0 Å². The van der Waals surface area contributed by atoms with E-state index in [1.54, 1.807) is 6.92 Å². The lowest BCUT2D eigenvalue weighted by Crippen LogP contribution is -2.15. The van der Waals surface area contributed by atoms with E-state index in [0.29, 0.717) is 13.0 Å². The van der Waals surface area contributed by atoms with Crippen molar-refractivity contribution in [2.75, 3.05) is 13.2 Å². The lowest BCUT2D eigenvalue weighted by atomic mass is 10.1. The first kappa shape index (κ1) is 7.21. The van der Waals surface area contributed by atoms with Crippen LogP contribution in [0, 0.1) is 10.1 Å². The van der Waals surface area contributed by atoms with Gasteiger partial charge < -0.3 is 4.74 Å². The first-order chi connectivity index (χ1) is 4.72. The fourth-order valence-corrected chi connectivity index (χ4v) is 0.870. The van der Waals surface area contributed by atoms with E-state index in [1.807, 2.05) is 0 Å². The minimum atomic E-state index is -0.367. The molecule has 0 N–H and O–H groups in total. The van der Waals surface area contributed by atoms with Gasteiger partial charge in [-0.25, -0.2) is 0 Å². The Morgan fingerprint density at radius 2 is 2.40 bits per heavy atom. The number of ether oxygens (including phenoxy) is 1. The summed E-state index contributed by atoms with van der Waals surface area (Å²) >= 11 is 0. The quantitative estimate of drug-likeness (QED) is 0.405. The number of nitro groups is 1. The predicted octanol–water partition coefficient (Wildman–Crippen LogP) is 0.957. The Morgan fingerprint density at radius 3 is 2.80 bits per heavy atom. The molecule has 0 bridgehead atoms. The van der Waals surface area contributed by atoms with Gasteiger partial charge in [0.25, 0.3) is 5.70 Å². The lowest BCUT2D eigenvalue weighted by Gasteiger charge is -2.10. The van der Waals surface area contributed by atoms with Gasteiger partial charge in [0.2, 0.25) is 0 Å². The van der Waals surface area contributed by atoms with Crippen molar-refractivity contribution < 1.29 is 9.66 Å². The van der Waals surface area contributed by atoms with E-state index >= 15 is 0 Å². The molecule has 0 fully saturated rings. The SMILES string of the molecule is CC1=C([N+](=O)[O-])COCC1. The zero-order valence-corrected chi connectivity index (χ0v) is 5.79.